The second kappa shape index (κ2) is 8.26. The van der Waals surface area contributed by atoms with Crippen molar-refractivity contribution < 1.29 is 14.4 Å². The Bertz CT molecular complexity index is 757. The van der Waals surface area contributed by atoms with Crippen molar-refractivity contribution >= 4 is 29.2 Å². The molecule has 0 spiro atoms. The van der Waals surface area contributed by atoms with Crippen LogP contribution in [0.4, 0.5) is 0 Å². The maximum atomic E-state index is 12.0. The van der Waals surface area contributed by atoms with Crippen LogP contribution in [-0.4, -0.2) is 17.6 Å². The molecule has 0 unspecified atom stereocenters. The number of ketones is 1. The Hall–Kier alpha value is -2.66. The van der Waals surface area contributed by atoms with Crippen LogP contribution in [0.25, 0.3) is 0 Å². The Labute approximate surface area is 145 Å². The number of benzene rings is 2. The van der Waals surface area contributed by atoms with Crippen LogP contribution in [-0.2, 0) is 4.79 Å². The lowest BCUT2D eigenvalue weighted by Gasteiger charge is -2.08. The number of hydrogen-bond acceptors (Lipinski definition) is 3. The summed E-state index contributed by atoms with van der Waals surface area (Å²) in [6.07, 6.45) is 0.0480. The van der Waals surface area contributed by atoms with Crippen LogP contribution in [0.1, 0.15) is 39.1 Å². The summed E-state index contributed by atoms with van der Waals surface area (Å²) in [5.74, 6) is -1.09. The first-order chi connectivity index (χ1) is 11.5. The van der Waals surface area contributed by atoms with E-state index in [2.05, 4.69) is 10.9 Å². The van der Waals surface area contributed by atoms with E-state index in [1.54, 1.807) is 36.4 Å². The van der Waals surface area contributed by atoms with Gasteiger partial charge in [-0.3, -0.25) is 25.2 Å². The topological polar surface area (TPSA) is 75.3 Å². The van der Waals surface area contributed by atoms with Gasteiger partial charge in [-0.2, -0.15) is 0 Å². The summed E-state index contributed by atoms with van der Waals surface area (Å²) in [6.45, 7) is 1.93. The molecule has 2 aromatic rings. The number of carbonyl (C=O) groups excluding carboxylic acids is 3. The minimum atomic E-state index is -0.515. The number of halogens is 1. The molecular weight excluding hydrogens is 328 g/mol. The zero-order valence-corrected chi connectivity index (χ0v) is 13.9. The summed E-state index contributed by atoms with van der Waals surface area (Å²) in [5, 5.41) is 0.291. The maximum absolute atomic E-state index is 12.0. The van der Waals surface area contributed by atoms with E-state index in [9.17, 15) is 14.4 Å². The minimum absolute atomic E-state index is 0.0183. The van der Waals surface area contributed by atoms with Crippen molar-refractivity contribution in [2.75, 3.05) is 0 Å². The average molecular weight is 345 g/mol. The van der Waals surface area contributed by atoms with Crippen molar-refractivity contribution in [2.24, 2.45) is 0 Å². The van der Waals surface area contributed by atoms with Crippen molar-refractivity contribution in [1.29, 1.82) is 0 Å². The lowest BCUT2D eigenvalue weighted by atomic mass is 10.1. The molecule has 24 heavy (non-hydrogen) atoms. The fourth-order valence-electron chi connectivity index (χ4n) is 2.01. The highest BCUT2D eigenvalue weighted by molar-refractivity contribution is 6.33. The molecule has 6 heteroatoms. The molecule has 2 N–H and O–H groups in total. The summed E-state index contributed by atoms with van der Waals surface area (Å²) >= 11 is 5.90. The molecule has 0 fully saturated rings. The Morgan fingerprint density at radius 1 is 0.917 bits per heavy atom. The van der Waals surface area contributed by atoms with Crippen LogP contribution in [0.3, 0.4) is 0 Å². The van der Waals surface area contributed by atoms with Crippen LogP contribution in [0, 0.1) is 6.92 Å². The number of nitrogens with one attached hydrogen (secondary N) is 2. The van der Waals surface area contributed by atoms with Crippen molar-refractivity contribution in [3.05, 3.63) is 70.2 Å². The molecule has 0 aliphatic carbocycles. The molecule has 0 saturated heterocycles. The number of rotatable bonds is 5. The SMILES string of the molecule is Cc1ccc(C(=O)CCC(=O)NNC(=O)c2ccccc2Cl)cc1. The van der Waals surface area contributed by atoms with Gasteiger partial charge in [0.25, 0.3) is 5.91 Å². The highest BCUT2D eigenvalue weighted by Gasteiger charge is 2.12. The third kappa shape index (κ3) is 4.93. The van der Waals surface area contributed by atoms with Crippen molar-refractivity contribution in [3.8, 4) is 0 Å². The van der Waals surface area contributed by atoms with E-state index >= 15 is 0 Å². The predicted molar refractivity (Wildman–Crippen MR) is 91.8 cm³/mol. The molecule has 0 aliphatic rings. The highest BCUT2D eigenvalue weighted by Crippen LogP contribution is 2.14. The molecule has 0 radical (unpaired) electrons. The standard InChI is InChI=1S/C18H17ClN2O3/c1-12-6-8-13(9-7-12)16(22)10-11-17(23)20-21-18(24)14-4-2-3-5-15(14)19/h2-9H,10-11H2,1H3,(H,20,23)(H,21,24). The van der Waals surface area contributed by atoms with E-state index in [1.807, 2.05) is 19.1 Å². The summed E-state index contributed by atoms with van der Waals surface area (Å²) in [5.41, 5.74) is 6.44. The number of aryl methyl sites for hydroxylation is 1. The molecule has 5 nitrogen and oxygen atoms in total. The number of amides is 2. The van der Waals surface area contributed by atoms with Gasteiger partial charge in [-0.15, -0.1) is 0 Å². The molecule has 0 aromatic heterocycles. The fraction of sp³-hybridized carbons (Fsp3) is 0.167. The van der Waals surface area contributed by atoms with Crippen LogP contribution >= 0.6 is 11.6 Å². The molecule has 2 aromatic carbocycles. The van der Waals surface area contributed by atoms with Gasteiger partial charge < -0.3 is 0 Å². The smallest absolute Gasteiger partial charge is 0.271 e. The first-order valence-electron chi connectivity index (χ1n) is 7.41. The Kier molecular flexibility index (Phi) is 6.09. The zero-order valence-electron chi connectivity index (χ0n) is 13.1. The van der Waals surface area contributed by atoms with Crippen LogP contribution < -0.4 is 10.9 Å². The van der Waals surface area contributed by atoms with E-state index < -0.39 is 11.8 Å². The molecule has 2 rings (SSSR count). The van der Waals surface area contributed by atoms with Gasteiger partial charge in [-0.1, -0.05) is 53.6 Å². The summed E-state index contributed by atoms with van der Waals surface area (Å²) in [6, 6.07) is 13.7. The molecule has 0 heterocycles. The largest absolute Gasteiger partial charge is 0.294 e. The third-order valence-electron chi connectivity index (χ3n) is 3.39. The second-order valence-electron chi connectivity index (χ2n) is 5.27. The van der Waals surface area contributed by atoms with E-state index in [0.29, 0.717) is 10.6 Å². The fourth-order valence-corrected chi connectivity index (χ4v) is 2.23. The molecule has 2 amide bonds. The van der Waals surface area contributed by atoms with Gasteiger partial charge in [0.1, 0.15) is 0 Å². The van der Waals surface area contributed by atoms with Gasteiger partial charge >= 0.3 is 0 Å². The summed E-state index contributed by atoms with van der Waals surface area (Å²) < 4.78 is 0. The summed E-state index contributed by atoms with van der Waals surface area (Å²) in [7, 11) is 0. The van der Waals surface area contributed by atoms with Gasteiger partial charge in [0, 0.05) is 18.4 Å². The van der Waals surface area contributed by atoms with Gasteiger partial charge in [-0.05, 0) is 19.1 Å². The number of hydrazine groups is 1. The van der Waals surface area contributed by atoms with E-state index in [-0.39, 0.29) is 24.2 Å². The van der Waals surface area contributed by atoms with Gasteiger partial charge in [0.15, 0.2) is 5.78 Å². The number of hydrogen-bond donors (Lipinski definition) is 2. The van der Waals surface area contributed by atoms with E-state index in [1.165, 1.54) is 0 Å². The molecule has 0 atom stereocenters. The van der Waals surface area contributed by atoms with E-state index in [0.717, 1.165) is 5.56 Å². The molecular formula is C18H17ClN2O3. The Morgan fingerprint density at radius 3 is 2.25 bits per heavy atom. The first-order valence-corrected chi connectivity index (χ1v) is 7.79. The monoisotopic (exact) mass is 344 g/mol. The molecule has 0 aliphatic heterocycles. The molecule has 0 bridgehead atoms. The second-order valence-corrected chi connectivity index (χ2v) is 5.68. The van der Waals surface area contributed by atoms with Crippen LogP contribution in [0.15, 0.2) is 48.5 Å². The van der Waals surface area contributed by atoms with Crippen molar-refractivity contribution in [3.63, 3.8) is 0 Å². The van der Waals surface area contributed by atoms with Crippen molar-refractivity contribution in [2.45, 2.75) is 19.8 Å². The summed E-state index contributed by atoms with van der Waals surface area (Å²) in [4.78, 5) is 35.6. The normalized spacial score (nSPS) is 10.1. The maximum Gasteiger partial charge on any atom is 0.271 e. The zero-order chi connectivity index (χ0) is 17.5. The molecule has 124 valence electrons. The number of Topliss-reactive ketones (excluding diaryl/α,β-unsaturated/α-hetero) is 1. The quantitative estimate of drug-likeness (QED) is 0.646. The average Bonchev–Trinajstić information content (AvgIpc) is 2.58. The lowest BCUT2D eigenvalue weighted by Crippen LogP contribution is -2.41. The molecule has 0 saturated carbocycles. The van der Waals surface area contributed by atoms with Crippen LogP contribution in [0.5, 0.6) is 0 Å². The Balaban J connectivity index is 1.79. The van der Waals surface area contributed by atoms with Gasteiger partial charge in [0.2, 0.25) is 5.91 Å². The lowest BCUT2D eigenvalue weighted by molar-refractivity contribution is -0.121. The minimum Gasteiger partial charge on any atom is -0.294 e. The predicted octanol–water partition coefficient (Wildman–Crippen LogP) is 3.07. The van der Waals surface area contributed by atoms with Crippen LogP contribution in [0.2, 0.25) is 5.02 Å². The number of carbonyl (C=O) groups is 3. The highest BCUT2D eigenvalue weighted by atomic mass is 35.5. The van der Waals surface area contributed by atoms with Gasteiger partial charge in [0.05, 0.1) is 10.6 Å². The van der Waals surface area contributed by atoms with Gasteiger partial charge in [-0.25, -0.2) is 0 Å². The van der Waals surface area contributed by atoms with Crippen molar-refractivity contribution in [1.82, 2.24) is 10.9 Å². The van der Waals surface area contributed by atoms with E-state index in [4.69, 9.17) is 11.6 Å². The first kappa shape index (κ1) is 17.7. The Morgan fingerprint density at radius 2 is 1.58 bits per heavy atom. The third-order valence-corrected chi connectivity index (χ3v) is 3.72.